The van der Waals surface area contributed by atoms with Crippen molar-refractivity contribution in [3.63, 3.8) is 0 Å². The number of carbonyl (C=O) groups is 1. The Labute approximate surface area is 208 Å². The lowest BCUT2D eigenvalue weighted by molar-refractivity contribution is -0.120. The molecule has 6 nitrogen and oxygen atoms in total. The molecule has 35 heavy (non-hydrogen) atoms. The topological polar surface area (TPSA) is 74.5 Å². The normalized spacial score (nSPS) is 16.0. The van der Waals surface area contributed by atoms with Crippen LogP contribution in [0, 0.1) is 11.7 Å². The van der Waals surface area contributed by atoms with Crippen molar-refractivity contribution in [3.8, 4) is 0 Å². The van der Waals surface area contributed by atoms with Gasteiger partial charge in [-0.2, -0.15) is 0 Å². The van der Waals surface area contributed by atoms with Gasteiger partial charge < -0.3 is 16.0 Å². The van der Waals surface area contributed by atoms with Crippen LogP contribution in [-0.2, 0) is 4.79 Å². The van der Waals surface area contributed by atoms with Crippen molar-refractivity contribution in [3.05, 3.63) is 90.7 Å². The first-order valence-electron chi connectivity index (χ1n) is 12.2. The van der Waals surface area contributed by atoms with Gasteiger partial charge in [-0.15, -0.1) is 0 Å². The fourth-order valence-corrected chi connectivity index (χ4v) is 4.41. The number of nitrogens with zero attached hydrogens (tertiary/aromatic N) is 3. The summed E-state index contributed by atoms with van der Waals surface area (Å²) in [5.74, 6) is -0.465. The Bertz CT molecular complexity index is 1040. The zero-order valence-corrected chi connectivity index (χ0v) is 20.7. The first kappa shape index (κ1) is 26.2. The molecule has 1 saturated heterocycles. The maximum Gasteiger partial charge on any atom is 0.227 e. The van der Waals surface area contributed by atoms with Crippen LogP contribution in [0.3, 0.4) is 0 Å². The Morgan fingerprint density at radius 1 is 1.17 bits per heavy atom. The van der Waals surface area contributed by atoms with E-state index in [0.29, 0.717) is 43.3 Å². The lowest BCUT2D eigenvalue weighted by atomic mass is 10.0. The van der Waals surface area contributed by atoms with E-state index in [4.69, 9.17) is 5.73 Å². The van der Waals surface area contributed by atoms with Gasteiger partial charge in [0.1, 0.15) is 5.82 Å². The zero-order chi connectivity index (χ0) is 25.2. The second-order valence-corrected chi connectivity index (χ2v) is 8.64. The Kier molecular flexibility index (Phi) is 9.61. The van der Waals surface area contributed by atoms with E-state index in [9.17, 15) is 4.79 Å². The quantitative estimate of drug-likeness (QED) is 0.469. The van der Waals surface area contributed by atoms with Crippen molar-refractivity contribution in [1.82, 2.24) is 9.88 Å². The lowest BCUT2D eigenvalue weighted by Gasteiger charge is -2.40. The predicted octanol–water partition coefficient (Wildman–Crippen LogP) is 5.04. The van der Waals surface area contributed by atoms with Crippen LogP contribution in [-0.4, -0.2) is 42.0 Å². The van der Waals surface area contributed by atoms with Gasteiger partial charge in [-0.25, -0.2) is 4.39 Å². The number of hydrogen-bond acceptors (Lipinski definition) is 5. The summed E-state index contributed by atoms with van der Waals surface area (Å²) in [5.41, 5.74) is 9.08. The molecule has 1 aromatic carbocycles. The second kappa shape index (κ2) is 12.9. The van der Waals surface area contributed by atoms with Gasteiger partial charge in [0.2, 0.25) is 5.91 Å². The van der Waals surface area contributed by atoms with E-state index in [1.165, 1.54) is 6.07 Å². The van der Waals surface area contributed by atoms with Gasteiger partial charge in [0, 0.05) is 49.7 Å². The largest absolute Gasteiger partial charge is 0.400 e. The van der Waals surface area contributed by atoms with Gasteiger partial charge >= 0.3 is 0 Å². The third-order valence-corrected chi connectivity index (χ3v) is 6.41. The molecule has 1 atom stereocenters. The van der Waals surface area contributed by atoms with Gasteiger partial charge in [0.25, 0.3) is 0 Å². The Hall–Kier alpha value is -3.45. The summed E-state index contributed by atoms with van der Waals surface area (Å²) in [4.78, 5) is 21.2. The van der Waals surface area contributed by atoms with Crippen molar-refractivity contribution < 1.29 is 9.18 Å². The third-order valence-electron chi connectivity index (χ3n) is 6.41. The van der Waals surface area contributed by atoms with Crippen molar-refractivity contribution in [2.45, 2.75) is 32.7 Å². The van der Waals surface area contributed by atoms with Crippen molar-refractivity contribution in [1.29, 1.82) is 0 Å². The molecule has 2 aromatic rings. The summed E-state index contributed by atoms with van der Waals surface area (Å²) in [6.45, 7) is 10.4. The maximum atomic E-state index is 15.0. The van der Waals surface area contributed by atoms with Crippen molar-refractivity contribution in [2.24, 2.45) is 11.7 Å². The maximum absolute atomic E-state index is 15.0. The molecule has 1 unspecified atom stereocenters. The summed E-state index contributed by atoms with van der Waals surface area (Å²) in [6, 6.07) is 10.6. The number of pyridine rings is 1. The van der Waals surface area contributed by atoms with Crippen LogP contribution in [0.2, 0.25) is 0 Å². The number of nitrogens with two attached hydrogens (primary N) is 1. The molecule has 1 aliphatic heterocycles. The average Bonchev–Trinajstić information content (AvgIpc) is 2.86. The van der Waals surface area contributed by atoms with E-state index >= 15 is 4.39 Å². The molecule has 1 aliphatic rings. The molecule has 0 saturated carbocycles. The Balaban J connectivity index is 1.70. The summed E-state index contributed by atoms with van der Waals surface area (Å²) in [6.07, 6.45) is 10.6. The number of piperazine rings is 1. The molecule has 0 aliphatic carbocycles. The zero-order valence-electron chi connectivity index (χ0n) is 20.7. The van der Waals surface area contributed by atoms with E-state index in [1.807, 2.05) is 55.2 Å². The molecule has 7 heteroatoms. The summed E-state index contributed by atoms with van der Waals surface area (Å²) in [7, 11) is 0. The van der Waals surface area contributed by atoms with Crippen LogP contribution >= 0.6 is 0 Å². The van der Waals surface area contributed by atoms with Gasteiger partial charge in [-0.05, 0) is 49.2 Å². The minimum absolute atomic E-state index is 0.0633. The van der Waals surface area contributed by atoms with Crippen LogP contribution in [0.1, 0.15) is 38.4 Å². The first-order valence-corrected chi connectivity index (χ1v) is 12.2. The predicted molar refractivity (Wildman–Crippen MR) is 141 cm³/mol. The monoisotopic (exact) mass is 477 g/mol. The molecule has 1 amide bonds. The molecule has 1 fully saturated rings. The first-order chi connectivity index (χ1) is 17.0. The van der Waals surface area contributed by atoms with Crippen LogP contribution in [0.4, 0.5) is 15.8 Å². The van der Waals surface area contributed by atoms with Gasteiger partial charge in [0.15, 0.2) is 0 Å². The highest BCUT2D eigenvalue weighted by Gasteiger charge is 2.28. The van der Waals surface area contributed by atoms with Gasteiger partial charge in [-0.1, -0.05) is 44.7 Å². The second-order valence-electron chi connectivity index (χ2n) is 8.64. The number of nitrogens with one attached hydrogen (secondary N) is 1. The number of carbonyl (C=O) groups excluding carboxylic acids is 1. The number of anilines is 2. The smallest absolute Gasteiger partial charge is 0.227 e. The molecule has 0 bridgehead atoms. The fraction of sp³-hybridized carbons (Fsp3) is 0.357. The third kappa shape index (κ3) is 6.79. The number of benzene rings is 1. The average molecular weight is 478 g/mol. The number of amides is 1. The molecule has 2 heterocycles. The Morgan fingerprint density at radius 2 is 1.91 bits per heavy atom. The van der Waals surface area contributed by atoms with Crippen molar-refractivity contribution in [2.75, 3.05) is 36.4 Å². The summed E-state index contributed by atoms with van der Waals surface area (Å²) < 4.78 is 15.0. The number of rotatable bonds is 10. The van der Waals surface area contributed by atoms with Crippen LogP contribution in [0.25, 0.3) is 0 Å². The summed E-state index contributed by atoms with van der Waals surface area (Å²) in [5, 5.41) is 2.84. The molecule has 3 rings (SSSR count). The fourth-order valence-electron chi connectivity index (χ4n) is 4.41. The van der Waals surface area contributed by atoms with E-state index in [2.05, 4.69) is 21.8 Å². The standard InChI is InChI=1S/C28H36FN5O/c1-4-7-8-11-24(30)27(25-12-9-10-15-31-25)34-18-16-33(17-19-34)26-14-13-22(20-23(26)29)32-28(35)21(5-2)6-3/h4,7-15,20-21,27H,1,5-6,16-19,30H2,2-3H3,(H,32,35)/b8-7-,24-11-. The van der Waals surface area contributed by atoms with E-state index in [-0.39, 0.29) is 23.7 Å². The highest BCUT2D eigenvalue weighted by atomic mass is 19.1. The molecular formula is C28H36FN5O. The van der Waals surface area contributed by atoms with Crippen molar-refractivity contribution >= 4 is 17.3 Å². The van der Waals surface area contributed by atoms with Gasteiger partial charge in [-0.3, -0.25) is 14.7 Å². The molecular weight excluding hydrogens is 441 g/mol. The van der Waals surface area contributed by atoms with Crippen LogP contribution in [0.5, 0.6) is 0 Å². The minimum atomic E-state index is -0.337. The summed E-state index contributed by atoms with van der Waals surface area (Å²) >= 11 is 0. The number of allylic oxidation sites excluding steroid dienone is 4. The highest BCUT2D eigenvalue weighted by molar-refractivity contribution is 5.92. The minimum Gasteiger partial charge on any atom is -0.400 e. The van der Waals surface area contributed by atoms with E-state index in [1.54, 1.807) is 24.4 Å². The molecule has 186 valence electrons. The molecule has 0 radical (unpaired) electrons. The molecule has 1 aromatic heterocycles. The lowest BCUT2D eigenvalue weighted by Crippen LogP contribution is -2.49. The highest BCUT2D eigenvalue weighted by Crippen LogP contribution is 2.29. The van der Waals surface area contributed by atoms with E-state index in [0.717, 1.165) is 18.5 Å². The number of hydrogen-bond donors (Lipinski definition) is 2. The van der Waals surface area contributed by atoms with Gasteiger partial charge in [0.05, 0.1) is 17.4 Å². The SMILES string of the molecule is C=C/C=C\C=C(/N)C(c1ccccn1)N1CCN(c2ccc(NC(=O)C(CC)CC)cc2F)CC1. The number of aromatic nitrogens is 1. The van der Waals surface area contributed by atoms with E-state index < -0.39 is 0 Å². The molecule has 0 spiro atoms. The van der Waals surface area contributed by atoms with Crippen LogP contribution in [0.15, 0.2) is 79.2 Å². The Morgan fingerprint density at radius 3 is 2.51 bits per heavy atom. The number of halogens is 1. The molecule has 3 N–H and O–H groups in total. The van der Waals surface area contributed by atoms with Crippen LogP contribution < -0.4 is 16.0 Å².